The summed E-state index contributed by atoms with van der Waals surface area (Å²) in [5.74, 6) is 0.783. The molecule has 1 aromatic carbocycles. The lowest BCUT2D eigenvalue weighted by Crippen LogP contribution is -2.37. The van der Waals surface area contributed by atoms with Crippen LogP contribution in [0.1, 0.15) is 93.8 Å². The first-order chi connectivity index (χ1) is 14.7. The third-order valence-corrected chi connectivity index (χ3v) is 7.17. The highest BCUT2D eigenvalue weighted by molar-refractivity contribution is 6.02. The van der Waals surface area contributed by atoms with E-state index in [2.05, 4.69) is 15.5 Å². The molecule has 2 N–H and O–H groups in total. The van der Waals surface area contributed by atoms with Gasteiger partial charge in [-0.1, -0.05) is 44.9 Å². The summed E-state index contributed by atoms with van der Waals surface area (Å²) in [7, 11) is 0. The number of hydrogen-bond acceptors (Lipinski definition) is 3. The molecule has 164 valence electrons. The van der Waals surface area contributed by atoms with Crippen LogP contribution < -0.4 is 15.5 Å². The first-order valence-electron chi connectivity index (χ1n) is 12.2. The molecule has 0 spiro atoms. The van der Waals surface area contributed by atoms with Gasteiger partial charge in [-0.25, -0.2) is 0 Å². The maximum Gasteiger partial charge on any atom is 0.253 e. The van der Waals surface area contributed by atoms with Crippen molar-refractivity contribution < 1.29 is 9.59 Å². The number of hydrogen-bond donors (Lipinski definition) is 2. The SMILES string of the molecule is O=C(CCC1CCCC1)Nc1ccc(N2CCCC2)c(C(=O)NC2CCCCC2)c1. The molecule has 4 rings (SSSR count). The topological polar surface area (TPSA) is 61.4 Å². The van der Waals surface area contributed by atoms with E-state index in [1.165, 1.54) is 57.8 Å². The zero-order valence-corrected chi connectivity index (χ0v) is 18.3. The Morgan fingerprint density at radius 1 is 0.900 bits per heavy atom. The molecular formula is C25H37N3O2. The number of nitrogens with zero attached hydrogens (tertiary/aromatic N) is 1. The summed E-state index contributed by atoms with van der Waals surface area (Å²) in [6.45, 7) is 1.99. The van der Waals surface area contributed by atoms with Crippen molar-refractivity contribution in [3.8, 4) is 0 Å². The summed E-state index contributed by atoms with van der Waals surface area (Å²) in [6.07, 6.45) is 14.8. The van der Waals surface area contributed by atoms with Gasteiger partial charge in [0.2, 0.25) is 5.91 Å². The monoisotopic (exact) mass is 411 g/mol. The zero-order chi connectivity index (χ0) is 20.8. The van der Waals surface area contributed by atoms with E-state index in [1.807, 2.05) is 18.2 Å². The summed E-state index contributed by atoms with van der Waals surface area (Å²) in [5.41, 5.74) is 2.45. The molecule has 5 heteroatoms. The Bertz CT molecular complexity index is 730. The summed E-state index contributed by atoms with van der Waals surface area (Å²) in [5, 5.41) is 6.31. The average Bonchev–Trinajstić information content (AvgIpc) is 3.47. The Kier molecular flexibility index (Phi) is 7.29. The number of carbonyl (C=O) groups excluding carboxylic acids is 2. The molecule has 1 aromatic rings. The summed E-state index contributed by atoms with van der Waals surface area (Å²) >= 11 is 0. The van der Waals surface area contributed by atoms with Crippen LogP contribution in [-0.2, 0) is 4.79 Å². The molecule has 0 bridgehead atoms. The second-order valence-corrected chi connectivity index (χ2v) is 9.47. The molecule has 2 aliphatic carbocycles. The van der Waals surface area contributed by atoms with Crippen LogP contribution in [0.2, 0.25) is 0 Å². The Balaban J connectivity index is 1.44. The van der Waals surface area contributed by atoms with Crippen molar-refractivity contribution in [2.75, 3.05) is 23.3 Å². The van der Waals surface area contributed by atoms with Crippen LogP contribution in [0.3, 0.4) is 0 Å². The fraction of sp³-hybridized carbons (Fsp3) is 0.680. The third-order valence-electron chi connectivity index (χ3n) is 7.17. The van der Waals surface area contributed by atoms with Crippen molar-refractivity contribution in [3.63, 3.8) is 0 Å². The molecule has 3 fully saturated rings. The largest absolute Gasteiger partial charge is 0.371 e. The van der Waals surface area contributed by atoms with E-state index in [4.69, 9.17) is 0 Å². The summed E-state index contributed by atoms with van der Waals surface area (Å²) < 4.78 is 0. The van der Waals surface area contributed by atoms with E-state index in [9.17, 15) is 9.59 Å². The van der Waals surface area contributed by atoms with Gasteiger partial charge in [-0.2, -0.15) is 0 Å². The first kappa shape index (κ1) is 21.2. The molecule has 1 saturated heterocycles. The van der Waals surface area contributed by atoms with Gasteiger partial charge in [0.1, 0.15) is 0 Å². The minimum atomic E-state index is 0.00542. The zero-order valence-electron chi connectivity index (χ0n) is 18.3. The fourth-order valence-electron chi connectivity index (χ4n) is 5.40. The maximum atomic E-state index is 13.2. The smallest absolute Gasteiger partial charge is 0.253 e. The van der Waals surface area contributed by atoms with Crippen LogP contribution in [0, 0.1) is 5.92 Å². The maximum absolute atomic E-state index is 13.2. The second-order valence-electron chi connectivity index (χ2n) is 9.47. The minimum Gasteiger partial charge on any atom is -0.371 e. The Morgan fingerprint density at radius 3 is 2.33 bits per heavy atom. The minimum absolute atomic E-state index is 0.00542. The number of anilines is 2. The Morgan fingerprint density at radius 2 is 1.60 bits per heavy atom. The predicted molar refractivity (Wildman–Crippen MR) is 122 cm³/mol. The van der Waals surface area contributed by atoms with Crippen LogP contribution in [0.4, 0.5) is 11.4 Å². The Labute approximate surface area is 181 Å². The molecule has 3 aliphatic rings. The molecule has 1 heterocycles. The lowest BCUT2D eigenvalue weighted by molar-refractivity contribution is -0.116. The molecule has 0 radical (unpaired) electrons. The van der Waals surface area contributed by atoms with Crippen molar-refractivity contribution in [2.45, 2.75) is 89.5 Å². The molecule has 30 heavy (non-hydrogen) atoms. The molecule has 2 saturated carbocycles. The fourth-order valence-corrected chi connectivity index (χ4v) is 5.40. The highest BCUT2D eigenvalue weighted by atomic mass is 16.2. The van der Waals surface area contributed by atoms with E-state index in [0.717, 1.165) is 43.7 Å². The average molecular weight is 412 g/mol. The van der Waals surface area contributed by atoms with Gasteiger partial charge in [0.15, 0.2) is 0 Å². The molecule has 1 aliphatic heterocycles. The van der Waals surface area contributed by atoms with Crippen molar-refractivity contribution in [1.29, 1.82) is 0 Å². The molecule has 5 nitrogen and oxygen atoms in total. The van der Waals surface area contributed by atoms with Crippen LogP contribution in [0.25, 0.3) is 0 Å². The van der Waals surface area contributed by atoms with Gasteiger partial charge in [-0.05, 0) is 56.2 Å². The van der Waals surface area contributed by atoms with Crippen LogP contribution in [0.15, 0.2) is 18.2 Å². The molecule has 0 aromatic heterocycles. The third kappa shape index (κ3) is 5.55. The standard InChI is InChI=1S/C25H37N3O2/c29-24(15-12-19-8-4-5-9-19)26-21-13-14-23(28-16-6-7-17-28)22(18-21)25(30)27-20-10-2-1-3-11-20/h13-14,18-20H,1-12,15-17H2,(H,26,29)(H,27,30). The predicted octanol–water partition coefficient (Wildman–Crippen LogP) is 5.26. The van der Waals surface area contributed by atoms with Crippen molar-refractivity contribution in [3.05, 3.63) is 23.8 Å². The molecular weight excluding hydrogens is 374 g/mol. The number of nitrogens with one attached hydrogen (secondary N) is 2. The number of carbonyl (C=O) groups is 2. The van der Waals surface area contributed by atoms with Gasteiger partial charge in [-0.15, -0.1) is 0 Å². The summed E-state index contributed by atoms with van der Waals surface area (Å²) in [6, 6.07) is 6.15. The number of benzene rings is 1. The van der Waals surface area contributed by atoms with Crippen LogP contribution >= 0.6 is 0 Å². The highest BCUT2D eigenvalue weighted by Gasteiger charge is 2.23. The van der Waals surface area contributed by atoms with E-state index >= 15 is 0 Å². The lowest BCUT2D eigenvalue weighted by Gasteiger charge is -2.26. The van der Waals surface area contributed by atoms with Gasteiger partial charge >= 0.3 is 0 Å². The van der Waals surface area contributed by atoms with E-state index in [0.29, 0.717) is 17.9 Å². The van der Waals surface area contributed by atoms with Gasteiger partial charge in [-0.3, -0.25) is 9.59 Å². The lowest BCUT2D eigenvalue weighted by atomic mass is 9.95. The van der Waals surface area contributed by atoms with E-state index in [1.54, 1.807) is 0 Å². The van der Waals surface area contributed by atoms with E-state index in [-0.39, 0.29) is 17.9 Å². The Hall–Kier alpha value is -2.04. The van der Waals surface area contributed by atoms with Gasteiger partial charge < -0.3 is 15.5 Å². The van der Waals surface area contributed by atoms with Crippen molar-refractivity contribution in [1.82, 2.24) is 5.32 Å². The van der Waals surface area contributed by atoms with Gasteiger partial charge in [0.25, 0.3) is 5.91 Å². The molecule has 0 unspecified atom stereocenters. The van der Waals surface area contributed by atoms with Crippen LogP contribution in [-0.4, -0.2) is 30.9 Å². The van der Waals surface area contributed by atoms with Crippen LogP contribution in [0.5, 0.6) is 0 Å². The quantitative estimate of drug-likeness (QED) is 0.643. The summed E-state index contributed by atoms with van der Waals surface area (Å²) in [4.78, 5) is 28.0. The normalized spacial score (nSPS) is 20.5. The highest BCUT2D eigenvalue weighted by Crippen LogP contribution is 2.30. The second kappa shape index (κ2) is 10.3. The molecule has 0 atom stereocenters. The molecule has 2 amide bonds. The number of rotatable bonds is 7. The number of amides is 2. The van der Waals surface area contributed by atoms with Gasteiger partial charge in [0, 0.05) is 36.9 Å². The van der Waals surface area contributed by atoms with E-state index < -0.39 is 0 Å². The van der Waals surface area contributed by atoms with Gasteiger partial charge in [0.05, 0.1) is 5.56 Å². The van der Waals surface area contributed by atoms with Crippen molar-refractivity contribution >= 4 is 23.2 Å². The first-order valence-corrected chi connectivity index (χ1v) is 12.2. The van der Waals surface area contributed by atoms with Crippen molar-refractivity contribution in [2.24, 2.45) is 5.92 Å².